The van der Waals surface area contributed by atoms with Crippen molar-refractivity contribution in [3.63, 3.8) is 0 Å². The lowest BCUT2D eigenvalue weighted by molar-refractivity contribution is -0.142. The van der Waals surface area contributed by atoms with E-state index in [1.165, 1.54) is 6.42 Å². The molecule has 8 nitrogen and oxygen atoms in total. The molecule has 2 bridgehead atoms. The zero-order valence-corrected chi connectivity index (χ0v) is 19.7. The molecule has 1 saturated carbocycles. The van der Waals surface area contributed by atoms with Gasteiger partial charge >= 0.3 is 0 Å². The molecule has 0 aromatic heterocycles. The van der Waals surface area contributed by atoms with Crippen LogP contribution in [0.15, 0.2) is 0 Å². The fraction of sp³-hybridized carbons (Fsp3) is 0.864. The fourth-order valence-corrected chi connectivity index (χ4v) is 7.18. The number of aliphatic hydroxyl groups is 1. The minimum Gasteiger partial charge on any atom is -0.396 e. The molecule has 0 aromatic carbocycles. The van der Waals surface area contributed by atoms with E-state index in [0.29, 0.717) is 25.8 Å². The molecular formula is C22H34BrN3O5. The van der Waals surface area contributed by atoms with Gasteiger partial charge in [-0.15, -0.1) is 0 Å². The van der Waals surface area contributed by atoms with Crippen LogP contribution >= 0.6 is 15.9 Å². The normalized spacial score (nSPS) is 37.2. The van der Waals surface area contributed by atoms with Gasteiger partial charge in [-0.1, -0.05) is 35.2 Å². The first-order valence-corrected chi connectivity index (χ1v) is 12.6. The first kappa shape index (κ1) is 23.0. The SMILES string of the molecule is CNC(=O)[C@H]1[C@@H]2OC3(CC2Br)C(C(=O)NC2CCCCC2)N(CCCCCO)C(=O)[C@H]13. The van der Waals surface area contributed by atoms with Gasteiger partial charge in [0, 0.05) is 31.1 Å². The standard InChI is InChI=1S/C22H34BrN3O5/c1-24-19(28)15-16-21(30)26(10-6-3-7-11-27)18(22(16)12-14(23)17(15)31-22)20(29)25-13-8-4-2-5-9-13/h13-18,27H,2-12H2,1H3,(H,24,28)(H,25,29)/t14?,15-,16+,17-,18?,22?/m1/s1. The Balaban J connectivity index is 1.62. The number of ether oxygens (including phenoxy) is 1. The number of carbonyl (C=O) groups excluding carboxylic acids is 3. The molecule has 4 fully saturated rings. The smallest absolute Gasteiger partial charge is 0.246 e. The van der Waals surface area contributed by atoms with Gasteiger partial charge in [-0.3, -0.25) is 14.4 Å². The third kappa shape index (κ3) is 3.91. The first-order valence-electron chi connectivity index (χ1n) is 11.7. The largest absolute Gasteiger partial charge is 0.396 e. The molecule has 3 unspecified atom stereocenters. The summed E-state index contributed by atoms with van der Waals surface area (Å²) in [5.74, 6) is -1.73. The quantitative estimate of drug-likeness (QED) is 0.342. The molecule has 3 amide bonds. The van der Waals surface area contributed by atoms with Crippen LogP contribution in [0.1, 0.15) is 57.8 Å². The van der Waals surface area contributed by atoms with Crippen molar-refractivity contribution >= 4 is 33.7 Å². The van der Waals surface area contributed by atoms with Crippen molar-refractivity contribution in [2.75, 3.05) is 20.2 Å². The van der Waals surface area contributed by atoms with Crippen LogP contribution in [0.25, 0.3) is 0 Å². The molecule has 3 N–H and O–H groups in total. The fourth-order valence-electron chi connectivity index (χ4n) is 6.23. The molecule has 4 aliphatic rings. The van der Waals surface area contributed by atoms with Crippen LogP contribution in [0, 0.1) is 11.8 Å². The summed E-state index contributed by atoms with van der Waals surface area (Å²) >= 11 is 3.66. The number of carbonyl (C=O) groups is 3. The van der Waals surface area contributed by atoms with Crippen LogP contribution in [0.4, 0.5) is 0 Å². The lowest BCUT2D eigenvalue weighted by atomic mass is 9.70. The zero-order chi connectivity index (χ0) is 22.2. The Kier molecular flexibility index (Phi) is 6.93. The summed E-state index contributed by atoms with van der Waals surface area (Å²) in [5, 5.41) is 15.0. The lowest BCUT2D eigenvalue weighted by Gasteiger charge is -2.35. The predicted molar refractivity (Wildman–Crippen MR) is 117 cm³/mol. The number of likely N-dealkylation sites (tertiary alicyclic amines) is 1. The van der Waals surface area contributed by atoms with Crippen molar-refractivity contribution < 1.29 is 24.2 Å². The summed E-state index contributed by atoms with van der Waals surface area (Å²) in [6, 6.07) is -0.586. The second-order valence-corrected chi connectivity index (χ2v) is 10.6. The van der Waals surface area contributed by atoms with Crippen molar-refractivity contribution in [2.24, 2.45) is 11.8 Å². The van der Waals surface area contributed by atoms with Gasteiger partial charge in [-0.25, -0.2) is 0 Å². The van der Waals surface area contributed by atoms with Gasteiger partial charge in [0.05, 0.1) is 17.9 Å². The van der Waals surface area contributed by atoms with E-state index in [9.17, 15) is 14.4 Å². The van der Waals surface area contributed by atoms with Gasteiger partial charge < -0.3 is 25.4 Å². The second-order valence-electron chi connectivity index (χ2n) is 9.44. The van der Waals surface area contributed by atoms with E-state index in [4.69, 9.17) is 9.84 Å². The van der Waals surface area contributed by atoms with Gasteiger partial charge in [-0.2, -0.15) is 0 Å². The van der Waals surface area contributed by atoms with Crippen molar-refractivity contribution in [1.29, 1.82) is 0 Å². The highest BCUT2D eigenvalue weighted by atomic mass is 79.9. The van der Waals surface area contributed by atoms with E-state index < -0.39 is 29.6 Å². The van der Waals surface area contributed by atoms with Crippen molar-refractivity contribution in [3.8, 4) is 0 Å². The van der Waals surface area contributed by atoms with Gasteiger partial charge in [-0.05, 0) is 38.5 Å². The molecule has 3 aliphatic heterocycles. The second kappa shape index (κ2) is 9.35. The highest BCUT2D eigenvalue weighted by Gasteiger charge is 2.76. The zero-order valence-electron chi connectivity index (χ0n) is 18.1. The number of halogens is 1. The number of unbranched alkanes of at least 4 members (excludes halogenated alkanes) is 2. The van der Waals surface area contributed by atoms with Gasteiger partial charge in [0.15, 0.2) is 0 Å². The summed E-state index contributed by atoms with van der Waals surface area (Å²) in [5.41, 5.74) is -0.969. The Bertz CT molecular complexity index is 715. The summed E-state index contributed by atoms with van der Waals surface area (Å²) in [4.78, 5) is 41.5. The van der Waals surface area contributed by atoms with Crippen LogP contribution < -0.4 is 10.6 Å². The Morgan fingerprint density at radius 2 is 1.94 bits per heavy atom. The van der Waals surface area contributed by atoms with Crippen LogP contribution in [0.5, 0.6) is 0 Å². The first-order chi connectivity index (χ1) is 14.9. The third-order valence-corrected chi connectivity index (χ3v) is 8.44. The molecule has 4 rings (SSSR count). The number of amides is 3. The summed E-state index contributed by atoms with van der Waals surface area (Å²) in [7, 11) is 1.57. The summed E-state index contributed by atoms with van der Waals surface area (Å²) in [6.45, 7) is 0.544. The molecule has 174 valence electrons. The van der Waals surface area contributed by atoms with E-state index in [1.54, 1.807) is 11.9 Å². The number of hydrogen-bond donors (Lipinski definition) is 3. The van der Waals surface area contributed by atoms with E-state index in [2.05, 4.69) is 26.6 Å². The molecule has 0 aromatic rings. The topological polar surface area (TPSA) is 108 Å². The van der Waals surface area contributed by atoms with Crippen molar-refractivity contribution in [3.05, 3.63) is 0 Å². The molecular weight excluding hydrogens is 466 g/mol. The minimum atomic E-state index is -0.969. The van der Waals surface area contributed by atoms with Gasteiger partial charge in [0.25, 0.3) is 0 Å². The van der Waals surface area contributed by atoms with E-state index in [0.717, 1.165) is 32.1 Å². The molecule has 9 heteroatoms. The van der Waals surface area contributed by atoms with Crippen molar-refractivity contribution in [2.45, 2.75) is 86.4 Å². The maximum atomic E-state index is 13.6. The number of nitrogens with one attached hydrogen (secondary N) is 2. The number of hydrogen-bond acceptors (Lipinski definition) is 5. The molecule has 3 saturated heterocycles. The maximum absolute atomic E-state index is 13.6. The molecule has 31 heavy (non-hydrogen) atoms. The maximum Gasteiger partial charge on any atom is 0.246 e. The lowest BCUT2D eigenvalue weighted by Crippen LogP contribution is -2.57. The highest BCUT2D eigenvalue weighted by Crippen LogP contribution is 2.60. The number of alkyl halides is 1. The average Bonchev–Trinajstić information content (AvgIpc) is 3.35. The molecule has 1 aliphatic carbocycles. The van der Waals surface area contributed by atoms with Crippen LogP contribution in [-0.4, -0.2) is 76.5 Å². The summed E-state index contributed by atoms with van der Waals surface area (Å²) < 4.78 is 6.41. The molecule has 3 heterocycles. The van der Waals surface area contributed by atoms with Gasteiger partial charge in [0.1, 0.15) is 11.6 Å². The highest BCUT2D eigenvalue weighted by molar-refractivity contribution is 9.09. The molecule has 1 spiro atoms. The van der Waals surface area contributed by atoms with Gasteiger partial charge in [0.2, 0.25) is 17.7 Å². The Labute approximate surface area is 191 Å². The number of aliphatic hydroxyl groups excluding tert-OH is 1. The molecule has 0 radical (unpaired) electrons. The summed E-state index contributed by atoms with van der Waals surface area (Å²) in [6.07, 6.45) is 7.61. The number of fused-ring (bicyclic) bond motifs is 1. The van der Waals surface area contributed by atoms with Crippen LogP contribution in [-0.2, 0) is 19.1 Å². The average molecular weight is 500 g/mol. The number of rotatable bonds is 8. The van der Waals surface area contributed by atoms with Crippen molar-refractivity contribution in [1.82, 2.24) is 15.5 Å². The monoisotopic (exact) mass is 499 g/mol. The Morgan fingerprint density at radius 1 is 1.19 bits per heavy atom. The van der Waals surface area contributed by atoms with E-state index in [1.807, 2.05) is 0 Å². The third-order valence-electron chi connectivity index (χ3n) is 7.60. The minimum absolute atomic E-state index is 0.0711. The Morgan fingerprint density at radius 3 is 2.61 bits per heavy atom. The van der Waals surface area contributed by atoms with E-state index >= 15 is 0 Å². The van der Waals surface area contributed by atoms with Crippen LogP contribution in [0.2, 0.25) is 0 Å². The molecule has 6 atom stereocenters. The Hall–Kier alpha value is -1.19. The number of nitrogens with zero attached hydrogens (tertiary/aromatic N) is 1. The van der Waals surface area contributed by atoms with E-state index in [-0.39, 0.29) is 35.2 Å². The van der Waals surface area contributed by atoms with Crippen LogP contribution in [0.3, 0.4) is 0 Å². The predicted octanol–water partition coefficient (Wildman–Crippen LogP) is 1.09.